The quantitative estimate of drug-likeness (QED) is 0.483. The monoisotopic (exact) mass is 351 g/mol. The van der Waals surface area contributed by atoms with Gasteiger partial charge in [-0.2, -0.15) is 0 Å². The lowest BCUT2D eigenvalue weighted by molar-refractivity contribution is -0.122. The molecule has 0 bridgehead atoms. The molecule has 6 nitrogen and oxygen atoms in total. The third-order valence-corrected chi connectivity index (χ3v) is 5.91. The largest absolute Gasteiger partial charge is 0.358 e. The molecule has 3 N–H and O–H groups in total. The highest BCUT2D eigenvalue weighted by atomic mass is 16.1. The predicted octanol–water partition coefficient (Wildman–Crippen LogP) is 1.72. The Labute approximate surface area is 153 Å². The van der Waals surface area contributed by atoms with Gasteiger partial charge >= 0.3 is 0 Å². The van der Waals surface area contributed by atoms with Gasteiger partial charge in [-0.3, -0.25) is 14.7 Å². The topological polar surface area (TPSA) is 68.8 Å². The molecule has 2 fully saturated rings. The SMILES string of the molecule is CCNC(=NCC1(CC)CCCC1)NC1CCN(CC(=O)NC)CC1. The number of likely N-dealkylation sites (tertiary alicyclic amines) is 1. The first-order valence-corrected chi connectivity index (χ1v) is 10.1. The molecule has 0 spiro atoms. The molecule has 2 rings (SSSR count). The van der Waals surface area contributed by atoms with Crippen LogP contribution in [0, 0.1) is 5.41 Å². The minimum Gasteiger partial charge on any atom is -0.358 e. The molecule has 1 saturated carbocycles. The van der Waals surface area contributed by atoms with Crippen molar-refractivity contribution in [1.82, 2.24) is 20.9 Å². The molecule has 0 atom stereocenters. The fraction of sp³-hybridized carbons (Fsp3) is 0.895. The Morgan fingerprint density at radius 2 is 1.88 bits per heavy atom. The molecule has 0 aromatic carbocycles. The summed E-state index contributed by atoms with van der Waals surface area (Å²) >= 11 is 0. The number of amides is 1. The van der Waals surface area contributed by atoms with E-state index in [4.69, 9.17) is 4.99 Å². The normalized spacial score (nSPS) is 22.0. The van der Waals surface area contributed by atoms with Gasteiger partial charge in [0, 0.05) is 39.3 Å². The first-order valence-electron chi connectivity index (χ1n) is 10.1. The summed E-state index contributed by atoms with van der Waals surface area (Å²) in [5, 5.41) is 9.73. The highest BCUT2D eigenvalue weighted by Crippen LogP contribution is 2.41. The Morgan fingerprint density at radius 3 is 2.44 bits per heavy atom. The molecule has 144 valence electrons. The van der Waals surface area contributed by atoms with E-state index in [1.165, 1.54) is 32.1 Å². The van der Waals surface area contributed by atoms with Crippen molar-refractivity contribution in [3.63, 3.8) is 0 Å². The zero-order chi connectivity index (χ0) is 18.1. The number of nitrogens with zero attached hydrogens (tertiary/aromatic N) is 2. The molecule has 6 heteroatoms. The fourth-order valence-electron chi connectivity index (χ4n) is 4.03. The van der Waals surface area contributed by atoms with Crippen LogP contribution in [-0.2, 0) is 4.79 Å². The summed E-state index contributed by atoms with van der Waals surface area (Å²) in [5.41, 5.74) is 0.430. The molecule has 0 aromatic heterocycles. The second-order valence-corrected chi connectivity index (χ2v) is 7.62. The van der Waals surface area contributed by atoms with Gasteiger partial charge in [-0.15, -0.1) is 0 Å². The maximum absolute atomic E-state index is 11.5. The first-order chi connectivity index (χ1) is 12.1. The zero-order valence-corrected chi connectivity index (χ0v) is 16.4. The van der Waals surface area contributed by atoms with E-state index >= 15 is 0 Å². The van der Waals surface area contributed by atoms with E-state index in [0.29, 0.717) is 18.0 Å². The molecule has 1 aliphatic heterocycles. The number of guanidine groups is 1. The summed E-state index contributed by atoms with van der Waals surface area (Å²) < 4.78 is 0. The lowest BCUT2D eigenvalue weighted by Crippen LogP contribution is -2.50. The average molecular weight is 352 g/mol. The Morgan fingerprint density at radius 1 is 1.20 bits per heavy atom. The van der Waals surface area contributed by atoms with E-state index in [1.807, 2.05) is 0 Å². The van der Waals surface area contributed by atoms with Crippen LogP contribution < -0.4 is 16.0 Å². The number of aliphatic imine (C=N–C) groups is 1. The van der Waals surface area contributed by atoms with Crippen LogP contribution in [0.1, 0.15) is 58.8 Å². The average Bonchev–Trinajstić information content (AvgIpc) is 3.11. The molecule has 2 aliphatic rings. The van der Waals surface area contributed by atoms with Crippen molar-refractivity contribution in [2.75, 3.05) is 39.8 Å². The second-order valence-electron chi connectivity index (χ2n) is 7.62. The van der Waals surface area contributed by atoms with Crippen LogP contribution in [0.5, 0.6) is 0 Å². The molecule has 1 saturated heterocycles. The number of rotatable bonds is 7. The Kier molecular flexibility index (Phi) is 8.00. The van der Waals surface area contributed by atoms with Crippen molar-refractivity contribution in [1.29, 1.82) is 0 Å². The maximum atomic E-state index is 11.5. The molecule has 1 aliphatic carbocycles. The summed E-state index contributed by atoms with van der Waals surface area (Å²) in [6.07, 6.45) is 8.71. The van der Waals surface area contributed by atoms with Crippen LogP contribution in [0.3, 0.4) is 0 Å². The van der Waals surface area contributed by atoms with Gasteiger partial charge in [0.25, 0.3) is 0 Å². The number of likely N-dealkylation sites (N-methyl/N-ethyl adjacent to an activating group) is 1. The van der Waals surface area contributed by atoms with Crippen LogP contribution in [0.25, 0.3) is 0 Å². The Hall–Kier alpha value is -1.30. The fourth-order valence-corrected chi connectivity index (χ4v) is 4.03. The summed E-state index contributed by atoms with van der Waals surface area (Å²) in [6.45, 7) is 8.69. The molecule has 0 aromatic rings. The van der Waals surface area contributed by atoms with Gasteiger partial charge in [-0.25, -0.2) is 0 Å². The van der Waals surface area contributed by atoms with Gasteiger partial charge in [0.1, 0.15) is 0 Å². The van der Waals surface area contributed by atoms with Gasteiger partial charge in [-0.05, 0) is 44.4 Å². The van der Waals surface area contributed by atoms with Crippen LogP contribution in [0.15, 0.2) is 4.99 Å². The summed E-state index contributed by atoms with van der Waals surface area (Å²) in [5.74, 6) is 1.06. The minimum absolute atomic E-state index is 0.0998. The summed E-state index contributed by atoms with van der Waals surface area (Å²) in [4.78, 5) is 18.7. The van der Waals surface area contributed by atoms with Gasteiger partial charge in [0.05, 0.1) is 6.54 Å². The van der Waals surface area contributed by atoms with E-state index < -0.39 is 0 Å². The molecular weight excluding hydrogens is 314 g/mol. The standard InChI is InChI=1S/C19H37N5O/c1-4-19(10-6-7-11-19)15-22-18(21-5-2)23-16-8-12-24(13-9-16)14-17(25)20-3/h16H,4-15H2,1-3H3,(H,20,25)(H2,21,22,23). The maximum Gasteiger partial charge on any atom is 0.233 e. The molecule has 0 radical (unpaired) electrons. The van der Waals surface area contributed by atoms with Crippen molar-refractivity contribution in [3.05, 3.63) is 0 Å². The van der Waals surface area contributed by atoms with Crippen molar-refractivity contribution >= 4 is 11.9 Å². The highest BCUT2D eigenvalue weighted by molar-refractivity contribution is 5.80. The first kappa shape index (κ1) is 20.0. The molecule has 1 amide bonds. The number of hydrogen-bond donors (Lipinski definition) is 3. The van der Waals surface area contributed by atoms with E-state index in [2.05, 4.69) is 34.7 Å². The molecule has 25 heavy (non-hydrogen) atoms. The van der Waals surface area contributed by atoms with Crippen molar-refractivity contribution in [2.24, 2.45) is 10.4 Å². The molecule has 0 unspecified atom stereocenters. The highest BCUT2D eigenvalue weighted by Gasteiger charge is 2.32. The van der Waals surface area contributed by atoms with Crippen LogP contribution in [0.2, 0.25) is 0 Å². The van der Waals surface area contributed by atoms with Crippen molar-refractivity contribution < 1.29 is 4.79 Å². The van der Waals surface area contributed by atoms with E-state index in [-0.39, 0.29) is 5.91 Å². The van der Waals surface area contributed by atoms with Crippen molar-refractivity contribution in [2.45, 2.75) is 64.8 Å². The Bertz CT molecular complexity index is 437. The lowest BCUT2D eigenvalue weighted by atomic mass is 9.84. The van der Waals surface area contributed by atoms with Crippen LogP contribution >= 0.6 is 0 Å². The summed E-state index contributed by atoms with van der Waals surface area (Å²) in [7, 11) is 1.70. The third kappa shape index (κ3) is 6.17. The minimum atomic E-state index is 0.0998. The van der Waals surface area contributed by atoms with Gasteiger partial charge in [0.2, 0.25) is 5.91 Å². The second kappa shape index (κ2) is 10.00. The predicted molar refractivity (Wildman–Crippen MR) is 104 cm³/mol. The van der Waals surface area contributed by atoms with Crippen molar-refractivity contribution in [3.8, 4) is 0 Å². The third-order valence-electron chi connectivity index (χ3n) is 5.91. The lowest BCUT2D eigenvalue weighted by Gasteiger charge is -2.33. The molecule has 1 heterocycles. The van der Waals surface area contributed by atoms with E-state index in [9.17, 15) is 4.79 Å². The van der Waals surface area contributed by atoms with Crippen LogP contribution in [-0.4, -0.2) is 62.6 Å². The van der Waals surface area contributed by atoms with E-state index in [0.717, 1.165) is 45.0 Å². The zero-order valence-electron chi connectivity index (χ0n) is 16.4. The molecular formula is C19H37N5O. The van der Waals surface area contributed by atoms with E-state index in [1.54, 1.807) is 7.05 Å². The van der Waals surface area contributed by atoms with Crippen LogP contribution in [0.4, 0.5) is 0 Å². The number of hydrogen-bond acceptors (Lipinski definition) is 3. The number of carbonyl (C=O) groups excluding carboxylic acids is 1. The summed E-state index contributed by atoms with van der Waals surface area (Å²) in [6, 6.07) is 0.444. The number of nitrogens with one attached hydrogen (secondary N) is 3. The number of piperidine rings is 1. The number of carbonyl (C=O) groups is 1. The van der Waals surface area contributed by atoms with Gasteiger partial charge < -0.3 is 16.0 Å². The Balaban J connectivity index is 1.83. The van der Waals surface area contributed by atoms with Gasteiger partial charge in [-0.1, -0.05) is 19.8 Å². The smallest absolute Gasteiger partial charge is 0.233 e. The van der Waals surface area contributed by atoms with Gasteiger partial charge in [0.15, 0.2) is 5.96 Å².